The Morgan fingerprint density at radius 1 is 1.00 bits per heavy atom. The van der Waals surface area contributed by atoms with Crippen LogP contribution in [0.4, 0.5) is 10.9 Å². The minimum atomic E-state index is -3.78. The van der Waals surface area contributed by atoms with E-state index in [4.69, 9.17) is 0 Å². The van der Waals surface area contributed by atoms with E-state index in [9.17, 15) is 13.5 Å². The van der Waals surface area contributed by atoms with Gasteiger partial charge in [-0.15, -0.1) is 0 Å². The van der Waals surface area contributed by atoms with E-state index < -0.39 is 14.6 Å². The normalized spacial score (nSPS) is 12.5. The number of hydrogen-bond donors (Lipinski definition) is 2. The van der Waals surface area contributed by atoms with Gasteiger partial charge in [0.2, 0.25) is 15.0 Å². The van der Waals surface area contributed by atoms with Crippen molar-refractivity contribution in [3.63, 3.8) is 0 Å². The molecule has 0 aliphatic carbocycles. The summed E-state index contributed by atoms with van der Waals surface area (Å²) in [6, 6.07) is 12.3. The van der Waals surface area contributed by atoms with Crippen molar-refractivity contribution in [3.05, 3.63) is 42.5 Å². The highest BCUT2D eigenvalue weighted by molar-refractivity contribution is 7.92. The molecular formula is C19H18N4O3S2. The van der Waals surface area contributed by atoms with Gasteiger partial charge in [-0.05, 0) is 45.0 Å². The number of thiazole rings is 1. The number of fused-ring (bicyclic) bond motifs is 2. The van der Waals surface area contributed by atoms with E-state index in [2.05, 4.69) is 20.3 Å². The standard InChI is InChI=1S/C19H18N4O3S2/c1-19(2,3)28(25,26)18-21-14-10-11(24)8-9-12(14)16(23-18)22-17-20-13-6-4-5-7-15(13)27-17/h4-10,24H,1-3H3,(H,20,21,22,23). The molecule has 144 valence electrons. The molecule has 0 spiro atoms. The summed E-state index contributed by atoms with van der Waals surface area (Å²) >= 11 is 1.44. The van der Waals surface area contributed by atoms with Crippen LogP contribution in [0, 0.1) is 0 Å². The summed E-state index contributed by atoms with van der Waals surface area (Å²) in [4.78, 5) is 13.0. The van der Waals surface area contributed by atoms with Crippen molar-refractivity contribution in [2.45, 2.75) is 30.7 Å². The molecule has 0 aliphatic rings. The van der Waals surface area contributed by atoms with E-state index in [1.165, 1.54) is 23.5 Å². The summed E-state index contributed by atoms with van der Waals surface area (Å²) in [5.74, 6) is 0.322. The summed E-state index contributed by atoms with van der Waals surface area (Å²) in [6.45, 7) is 4.79. The quantitative estimate of drug-likeness (QED) is 0.483. The Kier molecular flexibility index (Phi) is 4.24. The van der Waals surface area contributed by atoms with E-state index in [0.717, 1.165) is 10.2 Å². The molecule has 0 amide bonds. The second kappa shape index (κ2) is 6.39. The van der Waals surface area contributed by atoms with Gasteiger partial charge in [-0.25, -0.2) is 23.4 Å². The Morgan fingerprint density at radius 2 is 1.75 bits per heavy atom. The molecule has 2 aromatic carbocycles. The lowest BCUT2D eigenvalue weighted by molar-refractivity contribution is 0.476. The van der Waals surface area contributed by atoms with Gasteiger partial charge in [-0.3, -0.25) is 0 Å². The lowest BCUT2D eigenvalue weighted by Gasteiger charge is -2.18. The molecule has 28 heavy (non-hydrogen) atoms. The van der Waals surface area contributed by atoms with Gasteiger partial charge in [0.15, 0.2) is 5.13 Å². The molecule has 9 heteroatoms. The average Bonchev–Trinajstić information content (AvgIpc) is 3.02. The Hall–Kier alpha value is -2.78. The highest BCUT2D eigenvalue weighted by Crippen LogP contribution is 2.33. The highest BCUT2D eigenvalue weighted by Gasteiger charge is 2.34. The van der Waals surface area contributed by atoms with Crippen molar-refractivity contribution in [2.75, 3.05) is 5.32 Å². The third-order valence-corrected chi connectivity index (χ3v) is 7.45. The molecule has 0 radical (unpaired) electrons. The summed E-state index contributed by atoms with van der Waals surface area (Å²) in [7, 11) is -3.78. The zero-order valence-electron chi connectivity index (χ0n) is 15.5. The average molecular weight is 415 g/mol. The maximum absolute atomic E-state index is 12.9. The number of sulfone groups is 1. The first-order chi connectivity index (χ1) is 13.1. The van der Waals surface area contributed by atoms with Crippen LogP contribution in [0.15, 0.2) is 47.6 Å². The van der Waals surface area contributed by atoms with E-state index >= 15 is 0 Å². The second-order valence-corrected chi connectivity index (χ2v) is 10.9. The van der Waals surface area contributed by atoms with Gasteiger partial charge in [0, 0.05) is 11.5 Å². The zero-order chi connectivity index (χ0) is 20.1. The van der Waals surface area contributed by atoms with Crippen LogP contribution in [0.3, 0.4) is 0 Å². The van der Waals surface area contributed by atoms with Crippen LogP contribution in [0.1, 0.15) is 20.8 Å². The molecule has 0 atom stereocenters. The van der Waals surface area contributed by atoms with Crippen molar-refractivity contribution in [3.8, 4) is 5.75 Å². The first-order valence-electron chi connectivity index (χ1n) is 8.53. The van der Waals surface area contributed by atoms with Crippen molar-refractivity contribution < 1.29 is 13.5 Å². The van der Waals surface area contributed by atoms with Crippen LogP contribution in [-0.2, 0) is 9.84 Å². The molecule has 2 aromatic heterocycles. The molecule has 0 bridgehead atoms. The maximum atomic E-state index is 12.9. The molecular weight excluding hydrogens is 396 g/mol. The van der Waals surface area contributed by atoms with Crippen LogP contribution in [-0.4, -0.2) is 33.2 Å². The van der Waals surface area contributed by atoms with Crippen molar-refractivity contribution >= 4 is 53.2 Å². The van der Waals surface area contributed by atoms with Crippen LogP contribution < -0.4 is 5.32 Å². The van der Waals surface area contributed by atoms with Crippen LogP contribution >= 0.6 is 11.3 Å². The Balaban J connectivity index is 1.90. The van der Waals surface area contributed by atoms with Crippen molar-refractivity contribution in [1.29, 1.82) is 0 Å². The maximum Gasteiger partial charge on any atom is 0.250 e. The van der Waals surface area contributed by atoms with E-state index in [0.29, 0.717) is 21.9 Å². The fraction of sp³-hybridized carbons (Fsp3) is 0.211. The van der Waals surface area contributed by atoms with Gasteiger partial charge in [-0.1, -0.05) is 23.5 Å². The molecule has 4 rings (SSSR count). The largest absolute Gasteiger partial charge is 0.508 e. The second-order valence-electron chi connectivity index (χ2n) is 7.28. The number of hydrogen-bond acceptors (Lipinski definition) is 8. The number of phenols is 1. The monoisotopic (exact) mass is 414 g/mol. The zero-order valence-corrected chi connectivity index (χ0v) is 17.1. The lowest BCUT2D eigenvalue weighted by Crippen LogP contribution is -2.29. The molecule has 0 unspecified atom stereocenters. The minimum absolute atomic E-state index is 0.00348. The molecule has 2 heterocycles. The van der Waals surface area contributed by atoms with Crippen LogP contribution in [0.25, 0.3) is 21.1 Å². The Labute approximate surface area is 166 Å². The fourth-order valence-electron chi connectivity index (χ4n) is 2.61. The summed E-state index contributed by atoms with van der Waals surface area (Å²) in [6.07, 6.45) is 0. The number of aromatic hydroxyl groups is 1. The highest BCUT2D eigenvalue weighted by atomic mass is 32.2. The summed E-state index contributed by atoms with van der Waals surface area (Å²) < 4.78 is 25.7. The number of nitrogens with zero attached hydrogens (tertiary/aromatic N) is 3. The molecule has 0 saturated carbocycles. The number of rotatable bonds is 3. The third kappa shape index (κ3) is 3.16. The number of phenolic OH excluding ortho intramolecular Hbond substituents is 1. The van der Waals surface area contributed by atoms with E-state index in [1.54, 1.807) is 26.8 Å². The number of para-hydroxylation sites is 1. The van der Waals surface area contributed by atoms with Gasteiger partial charge >= 0.3 is 0 Å². The molecule has 2 N–H and O–H groups in total. The Morgan fingerprint density at radius 3 is 2.46 bits per heavy atom. The van der Waals surface area contributed by atoms with Crippen LogP contribution in [0.5, 0.6) is 5.75 Å². The van der Waals surface area contributed by atoms with Gasteiger partial charge in [0.1, 0.15) is 11.6 Å². The molecule has 4 aromatic rings. The lowest BCUT2D eigenvalue weighted by atomic mass is 10.2. The number of benzene rings is 2. The van der Waals surface area contributed by atoms with Gasteiger partial charge in [0.05, 0.1) is 20.5 Å². The van der Waals surface area contributed by atoms with Crippen LogP contribution in [0.2, 0.25) is 0 Å². The van der Waals surface area contributed by atoms with Gasteiger partial charge in [0.25, 0.3) is 0 Å². The Bertz CT molecular complexity index is 1280. The predicted molar refractivity (Wildman–Crippen MR) is 111 cm³/mol. The molecule has 0 saturated heterocycles. The number of anilines is 2. The number of nitrogens with one attached hydrogen (secondary N) is 1. The molecule has 0 fully saturated rings. The number of aromatic nitrogens is 3. The third-order valence-electron chi connectivity index (χ3n) is 4.23. The first-order valence-corrected chi connectivity index (χ1v) is 10.8. The smallest absolute Gasteiger partial charge is 0.250 e. The predicted octanol–water partition coefficient (Wildman–Crippen LogP) is 4.26. The SMILES string of the molecule is CC(C)(C)S(=O)(=O)c1nc(Nc2nc3ccccc3s2)c2ccc(O)cc2n1. The van der Waals surface area contributed by atoms with Gasteiger partial charge < -0.3 is 10.4 Å². The minimum Gasteiger partial charge on any atom is -0.508 e. The van der Waals surface area contributed by atoms with Crippen molar-refractivity contribution in [1.82, 2.24) is 15.0 Å². The fourth-order valence-corrected chi connectivity index (χ4v) is 4.46. The summed E-state index contributed by atoms with van der Waals surface area (Å²) in [5.41, 5.74) is 1.18. The first kappa shape index (κ1) is 18.6. The van der Waals surface area contributed by atoms with E-state index in [1.807, 2.05) is 24.3 Å². The van der Waals surface area contributed by atoms with Gasteiger partial charge in [-0.2, -0.15) is 0 Å². The van der Waals surface area contributed by atoms with E-state index in [-0.39, 0.29) is 10.9 Å². The molecule has 0 aliphatic heterocycles. The van der Waals surface area contributed by atoms with Crippen molar-refractivity contribution in [2.24, 2.45) is 0 Å². The molecule has 7 nitrogen and oxygen atoms in total. The summed E-state index contributed by atoms with van der Waals surface area (Å²) in [5, 5.41) is 13.8. The topological polar surface area (TPSA) is 105 Å².